The molecule has 216 valence electrons. The van der Waals surface area contributed by atoms with Gasteiger partial charge in [0.2, 0.25) is 5.91 Å². The largest absolute Gasteiger partial charge is 0.496 e. The molecular weight excluding hydrogens is 555 g/mol. The number of hydrogen-bond acceptors (Lipinski definition) is 7. The van der Waals surface area contributed by atoms with Crippen molar-refractivity contribution in [2.24, 2.45) is 11.3 Å². The van der Waals surface area contributed by atoms with Gasteiger partial charge >= 0.3 is 0 Å². The first kappa shape index (κ1) is 30.5. The number of carbonyl (C=O) groups excluding carboxylic acids is 2. The van der Waals surface area contributed by atoms with Gasteiger partial charge < -0.3 is 20.1 Å². The van der Waals surface area contributed by atoms with Crippen molar-refractivity contribution in [2.45, 2.75) is 63.5 Å². The van der Waals surface area contributed by atoms with Gasteiger partial charge in [-0.1, -0.05) is 39.8 Å². The van der Waals surface area contributed by atoms with E-state index in [9.17, 15) is 14.9 Å². The maximum Gasteiger partial charge on any atom is 0.263 e. The molecular formula is C32H37N3O4S2. The zero-order chi connectivity index (χ0) is 29.7. The molecule has 41 heavy (non-hydrogen) atoms. The molecule has 7 nitrogen and oxygen atoms in total. The number of thiophene rings is 1. The zero-order valence-electron chi connectivity index (χ0n) is 24.4. The van der Waals surface area contributed by atoms with Crippen LogP contribution < -0.4 is 20.1 Å². The van der Waals surface area contributed by atoms with E-state index in [2.05, 4.69) is 37.5 Å². The first-order valence-corrected chi connectivity index (χ1v) is 15.4. The number of nitrogens with one attached hydrogen (secondary N) is 2. The van der Waals surface area contributed by atoms with Crippen LogP contribution in [0.15, 0.2) is 47.4 Å². The van der Waals surface area contributed by atoms with E-state index in [1.807, 2.05) is 25.1 Å². The SMILES string of the molecule is CCC(Sc1cccc(NC(=O)c2c(OC)cccc2OC)c1)C(=O)Nc1sc2c(c1C#N)CCC(C(C)(C)C)C2. The van der Waals surface area contributed by atoms with Crippen molar-refractivity contribution in [2.75, 3.05) is 24.9 Å². The number of amides is 2. The summed E-state index contributed by atoms with van der Waals surface area (Å²) in [6.45, 7) is 8.77. The summed E-state index contributed by atoms with van der Waals surface area (Å²) in [6.07, 6.45) is 3.47. The third-order valence-corrected chi connectivity index (χ3v) is 10.1. The Morgan fingerprint density at radius 1 is 1.12 bits per heavy atom. The molecule has 1 aliphatic carbocycles. The highest BCUT2D eigenvalue weighted by molar-refractivity contribution is 8.00. The van der Waals surface area contributed by atoms with Crippen molar-refractivity contribution < 1.29 is 19.1 Å². The molecule has 1 aliphatic rings. The summed E-state index contributed by atoms with van der Waals surface area (Å²) >= 11 is 2.98. The number of carbonyl (C=O) groups is 2. The second-order valence-corrected chi connectivity index (χ2v) is 13.5. The fourth-order valence-electron chi connectivity index (χ4n) is 5.13. The highest BCUT2D eigenvalue weighted by Crippen LogP contribution is 2.44. The number of methoxy groups -OCH3 is 2. The molecule has 2 unspecified atom stereocenters. The van der Waals surface area contributed by atoms with E-state index in [-0.39, 0.29) is 22.5 Å². The molecule has 0 fully saturated rings. The lowest BCUT2D eigenvalue weighted by molar-refractivity contribution is -0.115. The van der Waals surface area contributed by atoms with Gasteiger partial charge in [0.25, 0.3) is 5.91 Å². The zero-order valence-corrected chi connectivity index (χ0v) is 26.1. The van der Waals surface area contributed by atoms with Crippen molar-refractivity contribution in [1.29, 1.82) is 5.26 Å². The lowest BCUT2D eigenvalue weighted by Crippen LogP contribution is -2.26. The average molecular weight is 592 g/mol. The number of ether oxygens (including phenoxy) is 2. The van der Waals surface area contributed by atoms with Gasteiger partial charge in [-0.3, -0.25) is 9.59 Å². The summed E-state index contributed by atoms with van der Waals surface area (Å²) in [5.41, 5.74) is 2.82. The van der Waals surface area contributed by atoms with Gasteiger partial charge in [0.05, 0.1) is 25.0 Å². The second kappa shape index (κ2) is 13.0. The van der Waals surface area contributed by atoms with Crippen molar-refractivity contribution in [3.8, 4) is 17.6 Å². The minimum absolute atomic E-state index is 0.131. The molecule has 2 N–H and O–H groups in total. The summed E-state index contributed by atoms with van der Waals surface area (Å²) in [4.78, 5) is 28.6. The molecule has 0 bridgehead atoms. The van der Waals surface area contributed by atoms with Gasteiger partial charge in [-0.25, -0.2) is 0 Å². The fourth-order valence-corrected chi connectivity index (χ4v) is 7.42. The lowest BCUT2D eigenvalue weighted by atomic mass is 9.72. The molecule has 0 radical (unpaired) electrons. The minimum atomic E-state index is -0.372. The number of fused-ring (bicyclic) bond motifs is 1. The Morgan fingerprint density at radius 3 is 2.41 bits per heavy atom. The van der Waals surface area contributed by atoms with Crippen molar-refractivity contribution >= 4 is 45.6 Å². The maximum absolute atomic E-state index is 13.4. The predicted octanol–water partition coefficient (Wildman–Crippen LogP) is 7.55. The van der Waals surface area contributed by atoms with Crippen LogP contribution in [0.3, 0.4) is 0 Å². The third-order valence-electron chi connectivity index (χ3n) is 7.53. The van der Waals surface area contributed by atoms with E-state index in [1.54, 1.807) is 35.6 Å². The number of anilines is 2. The molecule has 2 aromatic carbocycles. The predicted molar refractivity (Wildman–Crippen MR) is 167 cm³/mol. The van der Waals surface area contributed by atoms with Crippen LogP contribution in [-0.4, -0.2) is 31.3 Å². The number of hydrogen-bond donors (Lipinski definition) is 2. The van der Waals surface area contributed by atoms with E-state index in [4.69, 9.17) is 9.47 Å². The molecule has 0 saturated carbocycles. The number of nitrogens with zero attached hydrogens (tertiary/aromatic N) is 1. The lowest BCUT2D eigenvalue weighted by Gasteiger charge is -2.33. The van der Waals surface area contributed by atoms with E-state index < -0.39 is 0 Å². The van der Waals surface area contributed by atoms with Crippen LogP contribution in [0.5, 0.6) is 11.5 Å². The first-order valence-electron chi connectivity index (χ1n) is 13.7. The van der Waals surface area contributed by atoms with Gasteiger partial charge in [-0.05, 0) is 72.9 Å². The number of benzene rings is 2. The maximum atomic E-state index is 13.4. The fraction of sp³-hybridized carbons (Fsp3) is 0.406. The van der Waals surface area contributed by atoms with Crippen molar-refractivity contribution in [1.82, 2.24) is 0 Å². The number of nitriles is 1. The molecule has 0 aliphatic heterocycles. The Balaban J connectivity index is 1.47. The second-order valence-electron chi connectivity index (χ2n) is 11.1. The van der Waals surface area contributed by atoms with Gasteiger partial charge in [-0.2, -0.15) is 5.26 Å². The van der Waals surface area contributed by atoms with Crippen LogP contribution in [0.25, 0.3) is 0 Å². The summed E-state index contributed by atoms with van der Waals surface area (Å²) in [5.74, 6) is 0.894. The highest BCUT2D eigenvalue weighted by Gasteiger charge is 2.33. The molecule has 0 spiro atoms. The van der Waals surface area contributed by atoms with Crippen LogP contribution >= 0.6 is 23.1 Å². The first-order chi connectivity index (χ1) is 19.6. The topological polar surface area (TPSA) is 100 Å². The molecule has 1 aromatic heterocycles. The molecule has 0 saturated heterocycles. The number of thioether (sulfide) groups is 1. The standard InChI is InChI=1S/C32H37N3O4S2/c1-7-26(29(36)35-31-23(18-33)22-15-14-19(32(2,3)4)16-27(22)41-31)40-21-11-8-10-20(17-21)34-30(37)28-24(38-5)12-9-13-25(28)39-6/h8-13,17,19,26H,7,14-16H2,1-6H3,(H,34,37)(H,35,36). The van der Waals surface area contributed by atoms with Crippen LogP contribution in [0.1, 0.15) is 66.9 Å². The monoisotopic (exact) mass is 591 g/mol. The van der Waals surface area contributed by atoms with Gasteiger partial charge in [0.1, 0.15) is 28.1 Å². The smallest absolute Gasteiger partial charge is 0.263 e. The van der Waals surface area contributed by atoms with E-state index in [0.29, 0.717) is 45.7 Å². The summed E-state index contributed by atoms with van der Waals surface area (Å²) in [7, 11) is 3.01. The quantitative estimate of drug-likeness (QED) is 0.249. The van der Waals surface area contributed by atoms with Crippen LogP contribution in [0.2, 0.25) is 0 Å². The molecule has 3 aromatic rings. The Hall–Kier alpha value is -3.48. The third kappa shape index (κ3) is 6.88. The van der Waals surface area contributed by atoms with Crippen molar-refractivity contribution in [3.05, 3.63) is 64.0 Å². The van der Waals surface area contributed by atoms with Gasteiger partial charge in [0, 0.05) is 15.5 Å². The van der Waals surface area contributed by atoms with Crippen LogP contribution in [-0.2, 0) is 17.6 Å². The molecule has 1 heterocycles. The molecule has 2 atom stereocenters. The van der Waals surface area contributed by atoms with E-state index in [1.165, 1.54) is 30.9 Å². The Labute approximate surface area is 250 Å². The van der Waals surface area contributed by atoms with E-state index >= 15 is 0 Å². The highest BCUT2D eigenvalue weighted by atomic mass is 32.2. The van der Waals surface area contributed by atoms with Crippen LogP contribution in [0, 0.1) is 22.7 Å². The normalized spacial score (nSPS) is 15.3. The average Bonchev–Trinajstić information content (AvgIpc) is 3.30. The summed E-state index contributed by atoms with van der Waals surface area (Å²) in [6, 6.07) is 14.9. The molecule has 4 rings (SSSR count). The number of rotatable bonds is 9. The van der Waals surface area contributed by atoms with E-state index in [0.717, 1.165) is 29.7 Å². The summed E-state index contributed by atoms with van der Waals surface area (Å²) < 4.78 is 10.7. The summed E-state index contributed by atoms with van der Waals surface area (Å²) in [5, 5.41) is 16.2. The van der Waals surface area contributed by atoms with Gasteiger partial charge in [0.15, 0.2) is 0 Å². The van der Waals surface area contributed by atoms with Crippen molar-refractivity contribution in [3.63, 3.8) is 0 Å². The Bertz CT molecular complexity index is 1450. The van der Waals surface area contributed by atoms with Gasteiger partial charge in [-0.15, -0.1) is 23.1 Å². The Morgan fingerprint density at radius 2 is 1.80 bits per heavy atom. The molecule has 2 amide bonds. The molecule has 9 heteroatoms. The Kier molecular flexibility index (Phi) is 9.67. The van der Waals surface area contributed by atoms with Crippen LogP contribution in [0.4, 0.5) is 10.7 Å². The minimum Gasteiger partial charge on any atom is -0.496 e.